The largest absolute Gasteiger partial charge is 0.386 e. The third-order valence-corrected chi connectivity index (χ3v) is 2.42. The molecule has 3 N–H and O–H groups in total. The monoisotopic (exact) mass is 237 g/mol. The smallest absolute Gasteiger partial charge is 0.116 e. The molecule has 0 bridgehead atoms. The summed E-state index contributed by atoms with van der Waals surface area (Å²) in [7, 11) is 0. The summed E-state index contributed by atoms with van der Waals surface area (Å²) < 4.78 is 0. The van der Waals surface area contributed by atoms with E-state index in [1.165, 1.54) is 6.20 Å². The number of hydrogen-bond acceptors (Lipinski definition) is 2. The maximum absolute atomic E-state index is 5.88. The highest BCUT2D eigenvalue weighted by atomic mass is 35.5. The van der Waals surface area contributed by atoms with Crippen molar-refractivity contribution < 1.29 is 0 Å². The molecule has 0 aliphatic heterocycles. The molecule has 0 heterocycles. The van der Waals surface area contributed by atoms with Crippen LogP contribution < -0.4 is 11.1 Å². The molecular weight excluding hydrogens is 222 g/mol. The number of rotatable bonds is 5. The number of nitrogens with one attached hydrogen (secondary N) is 1. The van der Waals surface area contributed by atoms with Crippen molar-refractivity contribution in [3.05, 3.63) is 47.6 Å². The van der Waals surface area contributed by atoms with Crippen LogP contribution in [0.15, 0.2) is 42.0 Å². The Morgan fingerprint density at radius 2 is 2.44 bits per heavy atom. The average molecular weight is 238 g/mol. The van der Waals surface area contributed by atoms with Crippen LogP contribution in [0.5, 0.6) is 0 Å². The molecular formula is C12H16ClN3. The van der Waals surface area contributed by atoms with E-state index in [1.54, 1.807) is 0 Å². The van der Waals surface area contributed by atoms with E-state index in [0.29, 0.717) is 12.4 Å². The van der Waals surface area contributed by atoms with Crippen molar-refractivity contribution in [2.75, 3.05) is 0 Å². The van der Waals surface area contributed by atoms with Crippen molar-refractivity contribution in [1.29, 1.82) is 0 Å². The van der Waals surface area contributed by atoms with Gasteiger partial charge in [0.05, 0.1) is 6.04 Å². The summed E-state index contributed by atoms with van der Waals surface area (Å²) in [6, 6.07) is 7.71. The van der Waals surface area contributed by atoms with E-state index >= 15 is 0 Å². The number of nitrogens with two attached hydrogens (primary N) is 1. The summed E-state index contributed by atoms with van der Waals surface area (Å²) in [5, 5.41) is 3.98. The molecule has 1 aromatic rings. The molecule has 0 aliphatic rings. The average Bonchev–Trinajstić information content (AvgIpc) is 2.26. The first kappa shape index (κ1) is 12.7. The first-order valence-corrected chi connectivity index (χ1v) is 5.43. The second kappa shape index (κ2) is 6.30. The van der Waals surface area contributed by atoms with Crippen molar-refractivity contribution >= 4 is 17.4 Å². The van der Waals surface area contributed by atoms with Gasteiger partial charge in [0.25, 0.3) is 0 Å². The van der Waals surface area contributed by atoms with Crippen molar-refractivity contribution in [3.8, 4) is 0 Å². The molecule has 4 heteroatoms. The van der Waals surface area contributed by atoms with Crippen LogP contribution in [0.3, 0.4) is 0 Å². The number of benzene rings is 1. The molecule has 3 nitrogen and oxygen atoms in total. The third kappa shape index (κ3) is 4.04. The normalized spacial score (nSPS) is 13.5. The molecule has 86 valence electrons. The lowest BCUT2D eigenvalue weighted by molar-refractivity contribution is 0.654. The number of amidine groups is 1. The zero-order valence-electron chi connectivity index (χ0n) is 9.28. The van der Waals surface area contributed by atoms with Gasteiger partial charge in [-0.15, -0.1) is 0 Å². The van der Waals surface area contributed by atoms with Crippen molar-refractivity contribution in [2.45, 2.75) is 19.5 Å². The third-order valence-electron chi connectivity index (χ3n) is 2.19. The highest BCUT2D eigenvalue weighted by Gasteiger charge is 2.05. The van der Waals surface area contributed by atoms with Crippen LogP contribution in [0.1, 0.15) is 12.5 Å². The second-order valence-corrected chi connectivity index (χ2v) is 3.91. The Labute approximate surface area is 101 Å². The maximum atomic E-state index is 5.88. The lowest BCUT2D eigenvalue weighted by Gasteiger charge is -2.12. The fourth-order valence-electron chi connectivity index (χ4n) is 1.24. The van der Waals surface area contributed by atoms with E-state index in [4.69, 9.17) is 17.3 Å². The van der Waals surface area contributed by atoms with Gasteiger partial charge in [-0.3, -0.25) is 0 Å². The van der Waals surface area contributed by atoms with E-state index in [1.807, 2.05) is 31.2 Å². The van der Waals surface area contributed by atoms with E-state index in [-0.39, 0.29) is 6.04 Å². The lowest BCUT2D eigenvalue weighted by atomic mass is 10.2. The predicted molar refractivity (Wildman–Crippen MR) is 69.6 cm³/mol. The van der Waals surface area contributed by atoms with Gasteiger partial charge in [0.15, 0.2) is 0 Å². The highest BCUT2D eigenvalue weighted by Crippen LogP contribution is 2.10. The lowest BCUT2D eigenvalue weighted by Crippen LogP contribution is -2.38. The van der Waals surface area contributed by atoms with Gasteiger partial charge in [-0.05, 0) is 24.6 Å². The maximum Gasteiger partial charge on any atom is 0.116 e. The van der Waals surface area contributed by atoms with Crippen LogP contribution in [-0.2, 0) is 6.54 Å². The second-order valence-electron chi connectivity index (χ2n) is 3.47. The van der Waals surface area contributed by atoms with Crippen LogP contribution in [0.4, 0.5) is 0 Å². The van der Waals surface area contributed by atoms with Gasteiger partial charge in [-0.1, -0.05) is 30.3 Å². The molecule has 1 rings (SSSR count). The Balaban J connectivity index is 2.51. The van der Waals surface area contributed by atoms with Gasteiger partial charge in [0.1, 0.15) is 5.84 Å². The van der Waals surface area contributed by atoms with Gasteiger partial charge in [0.2, 0.25) is 0 Å². The summed E-state index contributed by atoms with van der Waals surface area (Å²) in [5.41, 5.74) is 6.83. The predicted octanol–water partition coefficient (Wildman–Crippen LogP) is 2.32. The minimum absolute atomic E-state index is 0.0111. The van der Waals surface area contributed by atoms with Crippen molar-refractivity contribution in [1.82, 2.24) is 5.32 Å². The molecule has 1 unspecified atom stereocenters. The molecule has 0 saturated heterocycles. The summed E-state index contributed by atoms with van der Waals surface area (Å²) >= 11 is 5.88. The van der Waals surface area contributed by atoms with Crippen molar-refractivity contribution in [2.24, 2.45) is 10.7 Å². The zero-order chi connectivity index (χ0) is 12.0. The van der Waals surface area contributed by atoms with E-state index in [9.17, 15) is 0 Å². The number of halogens is 1. The van der Waals surface area contributed by atoms with Crippen LogP contribution in [0.2, 0.25) is 5.02 Å². The van der Waals surface area contributed by atoms with Crippen LogP contribution in [-0.4, -0.2) is 11.9 Å². The Hall–Kier alpha value is -1.32. The molecule has 0 spiro atoms. The van der Waals surface area contributed by atoms with Gasteiger partial charge in [-0.25, -0.2) is 4.99 Å². The summed E-state index contributed by atoms with van der Waals surface area (Å²) in [6.45, 7) is 6.15. The van der Waals surface area contributed by atoms with Crippen LogP contribution in [0.25, 0.3) is 0 Å². The molecule has 0 amide bonds. The molecule has 0 aliphatic carbocycles. The fraction of sp³-hybridized carbons (Fsp3) is 0.250. The fourth-order valence-corrected chi connectivity index (χ4v) is 1.45. The highest BCUT2D eigenvalue weighted by molar-refractivity contribution is 6.30. The van der Waals surface area contributed by atoms with Crippen molar-refractivity contribution in [3.63, 3.8) is 0 Å². The molecule has 0 radical (unpaired) electrons. The standard InChI is InChI=1S/C12H16ClN3/c1-3-15-12(14)9(2)16-8-10-5-4-6-11(13)7-10/h3-7,9,16H,1,8H2,2H3,(H2,14,15). The van der Waals surface area contributed by atoms with E-state index in [2.05, 4.69) is 16.9 Å². The summed E-state index contributed by atoms with van der Waals surface area (Å²) in [5.74, 6) is 0.525. The van der Waals surface area contributed by atoms with Gasteiger partial charge >= 0.3 is 0 Å². The van der Waals surface area contributed by atoms with E-state index in [0.717, 1.165) is 10.6 Å². The molecule has 0 saturated carbocycles. The van der Waals surface area contributed by atoms with Crippen LogP contribution >= 0.6 is 11.6 Å². The molecule has 0 aromatic heterocycles. The Morgan fingerprint density at radius 1 is 1.69 bits per heavy atom. The topological polar surface area (TPSA) is 50.4 Å². The quantitative estimate of drug-likeness (QED) is 0.610. The first-order valence-electron chi connectivity index (χ1n) is 5.05. The van der Waals surface area contributed by atoms with Crippen LogP contribution in [0, 0.1) is 0 Å². The number of aliphatic imine (C=N–C) groups is 1. The number of nitrogens with zero attached hydrogens (tertiary/aromatic N) is 1. The molecule has 0 fully saturated rings. The van der Waals surface area contributed by atoms with E-state index < -0.39 is 0 Å². The zero-order valence-corrected chi connectivity index (χ0v) is 10.0. The Kier molecular flexibility index (Phi) is 5.02. The van der Waals surface area contributed by atoms with Gasteiger partial charge in [-0.2, -0.15) is 0 Å². The van der Waals surface area contributed by atoms with Gasteiger partial charge in [0, 0.05) is 17.8 Å². The minimum Gasteiger partial charge on any atom is -0.386 e. The molecule has 16 heavy (non-hydrogen) atoms. The number of hydrogen-bond donors (Lipinski definition) is 2. The summed E-state index contributed by atoms with van der Waals surface area (Å²) in [6.07, 6.45) is 1.44. The Bertz CT molecular complexity index is 388. The van der Waals surface area contributed by atoms with Gasteiger partial charge < -0.3 is 11.1 Å². The SMILES string of the molecule is C=CN=C(N)C(C)NCc1cccc(Cl)c1. The summed E-state index contributed by atoms with van der Waals surface area (Å²) in [4.78, 5) is 3.92. The molecule has 1 aromatic carbocycles. The first-order chi connectivity index (χ1) is 7.63. The Morgan fingerprint density at radius 3 is 3.06 bits per heavy atom. The minimum atomic E-state index is 0.0111. The molecule has 1 atom stereocenters.